The quantitative estimate of drug-likeness (QED) is 0.316. The number of phenolic OH excluding ortho intramolecular Hbond substituents is 1. The molecule has 1 aromatic rings. The van der Waals surface area contributed by atoms with Crippen LogP contribution >= 0.6 is 0 Å². The van der Waals surface area contributed by atoms with Gasteiger partial charge in [-0.2, -0.15) is 0 Å². The number of cyclic esters (lactones) is 1. The lowest BCUT2D eigenvalue weighted by Gasteiger charge is -2.71. The summed E-state index contributed by atoms with van der Waals surface area (Å²) in [6.45, 7) is 12.8. The number of allylic oxidation sites excluding steroid dienone is 2. The van der Waals surface area contributed by atoms with Crippen LogP contribution < -0.4 is 4.74 Å². The third-order valence-electron chi connectivity index (χ3n) is 9.29. The molecule has 3 aliphatic carbocycles. The molecule has 0 aromatic heterocycles. The lowest BCUT2D eigenvalue weighted by Crippen LogP contribution is -2.63. The number of methoxy groups -OCH3 is 1. The fourth-order valence-corrected chi connectivity index (χ4v) is 6.56. The summed E-state index contributed by atoms with van der Waals surface area (Å²) in [5.74, 6) is 0.176. The van der Waals surface area contributed by atoms with Crippen LogP contribution in [0.5, 0.6) is 11.5 Å². The van der Waals surface area contributed by atoms with Crippen molar-refractivity contribution in [2.24, 2.45) is 5.41 Å². The van der Waals surface area contributed by atoms with Gasteiger partial charge in [-0.1, -0.05) is 11.6 Å². The molecule has 0 amide bonds. The molecule has 7 heteroatoms. The molecule has 0 atom stereocenters. The second-order valence-corrected chi connectivity index (χ2v) is 12.2. The Morgan fingerprint density at radius 3 is 2.35 bits per heavy atom. The van der Waals surface area contributed by atoms with Gasteiger partial charge in [0.2, 0.25) is 0 Å². The summed E-state index contributed by atoms with van der Waals surface area (Å²) in [5.41, 5.74) is 3.72. The van der Waals surface area contributed by atoms with Gasteiger partial charge in [0, 0.05) is 16.4 Å². The van der Waals surface area contributed by atoms with Gasteiger partial charge in [-0.15, -0.1) is 0 Å². The van der Waals surface area contributed by atoms with Crippen molar-refractivity contribution in [3.8, 4) is 11.5 Å². The smallest absolute Gasteiger partial charge is 0.464 e. The number of hydrogen-bond acceptors (Lipinski definition) is 6. The minimum Gasteiger partial charge on any atom is -0.507 e. The van der Waals surface area contributed by atoms with E-state index in [9.17, 15) is 9.90 Å². The lowest BCUT2D eigenvalue weighted by molar-refractivity contribution is -0.115. The lowest BCUT2D eigenvalue weighted by atomic mass is 9.23. The first kappa shape index (κ1) is 23.7. The first-order chi connectivity index (χ1) is 15.8. The normalized spacial score (nSPS) is 30.5. The van der Waals surface area contributed by atoms with E-state index < -0.39 is 5.97 Å². The Hall–Kier alpha value is -1.99. The van der Waals surface area contributed by atoms with Crippen LogP contribution in [0.2, 0.25) is 5.31 Å². The summed E-state index contributed by atoms with van der Waals surface area (Å²) >= 11 is 0. The van der Waals surface area contributed by atoms with Gasteiger partial charge in [-0.3, -0.25) is 0 Å². The van der Waals surface area contributed by atoms with Crippen LogP contribution in [0.25, 0.3) is 0 Å². The number of carbonyl (C=O) groups excluding carboxylic acids is 1. The topological polar surface area (TPSA) is 74.2 Å². The van der Waals surface area contributed by atoms with Crippen LogP contribution in [0.4, 0.5) is 0 Å². The SMILES string of the molecule is COc1c(C)c2c(c(O)c1C/C=C(\C)CCC13CC(B4OC(C)(C)C(C)(C)O4)(C1)C3)C(=O)OC2. The molecule has 1 aromatic carbocycles. The molecule has 6 rings (SSSR count). The minimum absolute atomic E-state index is 0.00669. The van der Waals surface area contributed by atoms with Gasteiger partial charge in [-0.25, -0.2) is 4.79 Å². The number of aromatic hydroxyl groups is 1. The van der Waals surface area contributed by atoms with E-state index in [-0.39, 0.29) is 36.0 Å². The van der Waals surface area contributed by atoms with Crippen molar-refractivity contribution >= 4 is 13.1 Å². The monoisotopic (exact) mass is 468 g/mol. The van der Waals surface area contributed by atoms with E-state index in [1.54, 1.807) is 7.11 Å². The molecule has 2 heterocycles. The predicted molar refractivity (Wildman–Crippen MR) is 130 cm³/mol. The van der Waals surface area contributed by atoms with Crippen LogP contribution in [-0.2, 0) is 27.1 Å². The van der Waals surface area contributed by atoms with Crippen molar-refractivity contribution in [1.29, 1.82) is 0 Å². The van der Waals surface area contributed by atoms with Crippen molar-refractivity contribution in [3.63, 3.8) is 0 Å². The van der Waals surface area contributed by atoms with Gasteiger partial charge < -0.3 is 23.9 Å². The van der Waals surface area contributed by atoms with Crippen LogP contribution in [-0.4, -0.2) is 36.5 Å². The van der Waals surface area contributed by atoms with Gasteiger partial charge in [0.1, 0.15) is 23.7 Å². The van der Waals surface area contributed by atoms with Gasteiger partial charge in [0.15, 0.2) is 0 Å². The third-order valence-corrected chi connectivity index (χ3v) is 9.29. The van der Waals surface area contributed by atoms with Crippen LogP contribution in [0.1, 0.15) is 93.8 Å². The number of ether oxygens (including phenoxy) is 2. The van der Waals surface area contributed by atoms with Crippen molar-refractivity contribution in [2.75, 3.05) is 7.11 Å². The predicted octanol–water partition coefficient (Wildman–Crippen LogP) is 5.67. The highest BCUT2D eigenvalue weighted by molar-refractivity contribution is 6.51. The molecule has 2 aliphatic heterocycles. The largest absolute Gasteiger partial charge is 0.507 e. The summed E-state index contributed by atoms with van der Waals surface area (Å²) in [4.78, 5) is 12.1. The van der Waals surface area contributed by atoms with Crippen LogP contribution in [0.15, 0.2) is 11.6 Å². The molecule has 6 nitrogen and oxygen atoms in total. The van der Waals surface area contributed by atoms with Crippen molar-refractivity contribution in [3.05, 3.63) is 33.9 Å². The second-order valence-electron chi connectivity index (χ2n) is 12.2. The molecule has 0 radical (unpaired) electrons. The standard InChI is InChI=1S/C27H37BO6/c1-16(8-9-18-21(29)20-19(12-32-23(20)30)17(2)22(18)31-7)10-11-26-13-27(14-26,15-26)28-33-24(3,4)25(5,6)34-28/h8,29H,9-15H2,1-7H3/b16-8+. The Bertz CT molecular complexity index is 1050. The fraction of sp³-hybridized carbons (Fsp3) is 0.667. The molecule has 3 saturated carbocycles. The van der Waals surface area contributed by atoms with E-state index in [4.69, 9.17) is 18.8 Å². The first-order valence-electron chi connectivity index (χ1n) is 12.4. The van der Waals surface area contributed by atoms with Crippen molar-refractivity contribution in [1.82, 2.24) is 0 Å². The van der Waals surface area contributed by atoms with Gasteiger partial charge in [0.25, 0.3) is 0 Å². The average molecular weight is 468 g/mol. The molecule has 4 fully saturated rings. The van der Waals surface area contributed by atoms with Crippen molar-refractivity contribution < 1.29 is 28.7 Å². The number of benzene rings is 1. The zero-order chi connectivity index (χ0) is 24.7. The molecular formula is C27H37BO6. The number of esters is 1. The summed E-state index contributed by atoms with van der Waals surface area (Å²) in [6, 6.07) is 0. The molecule has 1 saturated heterocycles. The minimum atomic E-state index is -0.459. The highest BCUT2D eigenvalue weighted by Crippen LogP contribution is 2.82. The van der Waals surface area contributed by atoms with E-state index in [0.29, 0.717) is 28.7 Å². The number of fused-ring (bicyclic) bond motifs is 1. The maximum Gasteiger partial charge on any atom is 0.464 e. The Labute approximate surface area is 203 Å². The summed E-state index contributed by atoms with van der Waals surface area (Å²) in [5, 5.41) is 11.0. The maximum atomic E-state index is 12.1. The zero-order valence-corrected chi connectivity index (χ0v) is 21.6. The Balaban J connectivity index is 1.20. The van der Waals surface area contributed by atoms with Gasteiger partial charge in [-0.05, 0) is 91.0 Å². The van der Waals surface area contributed by atoms with Gasteiger partial charge >= 0.3 is 13.1 Å². The van der Waals surface area contributed by atoms with Crippen LogP contribution in [0, 0.1) is 12.3 Å². The van der Waals surface area contributed by atoms with E-state index >= 15 is 0 Å². The number of carbonyl (C=O) groups is 1. The average Bonchev–Trinajstić information content (AvgIpc) is 3.17. The fourth-order valence-electron chi connectivity index (χ4n) is 6.56. The molecule has 2 bridgehead atoms. The molecule has 5 aliphatic rings. The summed E-state index contributed by atoms with van der Waals surface area (Å²) < 4.78 is 23.4. The van der Waals surface area contributed by atoms with Crippen LogP contribution in [0.3, 0.4) is 0 Å². The second kappa shape index (κ2) is 7.51. The Morgan fingerprint density at radius 2 is 1.76 bits per heavy atom. The zero-order valence-electron chi connectivity index (χ0n) is 21.6. The molecular weight excluding hydrogens is 431 g/mol. The third kappa shape index (κ3) is 3.34. The highest BCUT2D eigenvalue weighted by Gasteiger charge is 2.75. The summed E-state index contributed by atoms with van der Waals surface area (Å²) in [6.07, 6.45) is 8.41. The maximum absolute atomic E-state index is 12.1. The highest BCUT2D eigenvalue weighted by atomic mass is 16.7. The Kier molecular flexibility index (Phi) is 5.24. The number of phenols is 1. The van der Waals surface area contributed by atoms with E-state index in [1.807, 2.05) is 6.92 Å². The molecule has 0 spiro atoms. The molecule has 1 N–H and O–H groups in total. The molecule has 184 valence electrons. The Morgan fingerprint density at radius 1 is 1.15 bits per heavy atom. The molecule has 34 heavy (non-hydrogen) atoms. The number of hydrogen-bond donors (Lipinski definition) is 1. The van der Waals surface area contributed by atoms with E-state index in [1.165, 1.54) is 24.8 Å². The van der Waals surface area contributed by atoms with E-state index in [2.05, 4.69) is 40.7 Å². The van der Waals surface area contributed by atoms with Gasteiger partial charge in [0.05, 0.1) is 18.3 Å². The summed E-state index contributed by atoms with van der Waals surface area (Å²) in [7, 11) is 1.52. The molecule has 0 unspecified atom stereocenters. The van der Waals surface area contributed by atoms with Crippen molar-refractivity contribution in [2.45, 2.75) is 103 Å². The van der Waals surface area contributed by atoms with E-state index in [0.717, 1.165) is 24.0 Å². The first-order valence-corrected chi connectivity index (χ1v) is 12.4. The number of rotatable bonds is 7.